The molecule has 4 rings (SSSR count). The van der Waals surface area contributed by atoms with Crippen molar-refractivity contribution in [1.82, 2.24) is 9.55 Å². The molecule has 31 heavy (non-hydrogen) atoms. The minimum atomic E-state index is -0.258. The second kappa shape index (κ2) is 8.73. The predicted molar refractivity (Wildman–Crippen MR) is 120 cm³/mol. The smallest absolute Gasteiger partial charge is 0.297 e. The van der Waals surface area contributed by atoms with Gasteiger partial charge in [-0.3, -0.25) is 14.2 Å². The molecular formula is C22H21N3O5S. The molecule has 0 aliphatic carbocycles. The molecule has 2 aromatic carbocycles. The highest BCUT2D eigenvalue weighted by Gasteiger charge is 2.18. The van der Waals surface area contributed by atoms with Gasteiger partial charge in [0, 0.05) is 23.7 Å². The summed E-state index contributed by atoms with van der Waals surface area (Å²) >= 11 is 1.20. The van der Waals surface area contributed by atoms with E-state index in [9.17, 15) is 9.59 Å². The van der Waals surface area contributed by atoms with Gasteiger partial charge in [-0.25, -0.2) is 4.98 Å². The molecule has 0 radical (unpaired) electrons. The van der Waals surface area contributed by atoms with E-state index in [0.29, 0.717) is 40.0 Å². The lowest BCUT2D eigenvalue weighted by Gasteiger charge is -2.11. The summed E-state index contributed by atoms with van der Waals surface area (Å²) < 4.78 is 17.7. The van der Waals surface area contributed by atoms with Crippen molar-refractivity contribution in [2.24, 2.45) is 0 Å². The number of furan rings is 1. The molecule has 0 aliphatic rings. The van der Waals surface area contributed by atoms with Gasteiger partial charge < -0.3 is 19.2 Å². The van der Waals surface area contributed by atoms with Gasteiger partial charge in [-0.15, -0.1) is 0 Å². The topological polar surface area (TPSA) is 95.6 Å². The Morgan fingerprint density at radius 1 is 1.16 bits per heavy atom. The van der Waals surface area contributed by atoms with E-state index in [1.54, 1.807) is 31.4 Å². The van der Waals surface area contributed by atoms with Crippen LogP contribution in [0.3, 0.4) is 0 Å². The fraction of sp³-hybridized carbons (Fsp3) is 0.227. The second-order valence-electron chi connectivity index (χ2n) is 6.63. The maximum atomic E-state index is 12.9. The number of hydrogen-bond donors (Lipinski definition) is 1. The molecule has 9 heteroatoms. The highest BCUT2D eigenvalue weighted by Crippen LogP contribution is 2.30. The summed E-state index contributed by atoms with van der Waals surface area (Å²) in [6, 6.07) is 12.5. The van der Waals surface area contributed by atoms with E-state index in [2.05, 4.69) is 10.3 Å². The van der Waals surface area contributed by atoms with Gasteiger partial charge in [-0.2, -0.15) is 0 Å². The first-order valence-corrected chi connectivity index (χ1v) is 10.6. The van der Waals surface area contributed by atoms with Crippen LogP contribution in [-0.2, 0) is 11.3 Å². The van der Waals surface area contributed by atoms with Crippen LogP contribution in [0.1, 0.15) is 6.92 Å². The van der Waals surface area contributed by atoms with Crippen molar-refractivity contribution in [3.8, 4) is 11.5 Å². The van der Waals surface area contributed by atoms with Crippen LogP contribution in [0.25, 0.3) is 22.1 Å². The van der Waals surface area contributed by atoms with Gasteiger partial charge in [-0.1, -0.05) is 23.9 Å². The third-order valence-corrected chi connectivity index (χ3v) is 5.74. The Hall–Kier alpha value is -3.46. The molecule has 0 saturated carbocycles. The third-order valence-electron chi connectivity index (χ3n) is 4.76. The number of ether oxygens (including phenoxy) is 2. The molecule has 1 N–H and O–H groups in total. The molecule has 0 saturated heterocycles. The van der Waals surface area contributed by atoms with Crippen molar-refractivity contribution in [3.05, 3.63) is 52.8 Å². The highest BCUT2D eigenvalue weighted by molar-refractivity contribution is 7.99. The Balaban J connectivity index is 1.57. The summed E-state index contributed by atoms with van der Waals surface area (Å²) in [6.45, 7) is 2.27. The van der Waals surface area contributed by atoms with Crippen molar-refractivity contribution >= 4 is 45.4 Å². The van der Waals surface area contributed by atoms with Crippen LogP contribution in [0, 0.1) is 0 Å². The van der Waals surface area contributed by atoms with Crippen molar-refractivity contribution in [3.63, 3.8) is 0 Å². The zero-order chi connectivity index (χ0) is 22.0. The number of benzene rings is 2. The molecule has 2 heterocycles. The Labute approximate surface area is 182 Å². The Morgan fingerprint density at radius 2 is 1.94 bits per heavy atom. The van der Waals surface area contributed by atoms with Crippen LogP contribution in [-0.4, -0.2) is 35.4 Å². The number of nitrogens with zero attached hydrogens (tertiary/aromatic N) is 2. The van der Waals surface area contributed by atoms with Gasteiger partial charge in [0.05, 0.1) is 20.0 Å². The summed E-state index contributed by atoms with van der Waals surface area (Å²) in [7, 11) is 3.08. The molecule has 1 amide bonds. The van der Waals surface area contributed by atoms with E-state index in [0.717, 1.165) is 5.39 Å². The van der Waals surface area contributed by atoms with Crippen LogP contribution in [0.5, 0.6) is 11.5 Å². The molecule has 0 bridgehead atoms. The fourth-order valence-electron chi connectivity index (χ4n) is 3.28. The van der Waals surface area contributed by atoms with Gasteiger partial charge in [0.25, 0.3) is 5.56 Å². The van der Waals surface area contributed by atoms with E-state index in [-0.39, 0.29) is 22.8 Å². The normalized spacial score (nSPS) is 11.1. The summed E-state index contributed by atoms with van der Waals surface area (Å²) in [5, 5.41) is 4.06. The highest BCUT2D eigenvalue weighted by atomic mass is 32.2. The number of carbonyl (C=O) groups is 1. The molecule has 0 fully saturated rings. The summed E-state index contributed by atoms with van der Waals surface area (Å²) in [5.74, 6) is 0.951. The van der Waals surface area contributed by atoms with E-state index < -0.39 is 0 Å². The second-order valence-corrected chi connectivity index (χ2v) is 7.57. The van der Waals surface area contributed by atoms with Gasteiger partial charge in [0.2, 0.25) is 11.5 Å². The molecule has 0 unspecified atom stereocenters. The first-order chi connectivity index (χ1) is 15.0. The maximum absolute atomic E-state index is 12.9. The SMILES string of the molecule is CCn1c(SCC(=O)Nc2ccc(OC)c(OC)c2)nc2c(oc3ccccc32)c1=O. The van der Waals surface area contributed by atoms with Gasteiger partial charge >= 0.3 is 0 Å². The number of rotatable bonds is 7. The lowest BCUT2D eigenvalue weighted by Crippen LogP contribution is -2.23. The molecule has 0 spiro atoms. The summed E-state index contributed by atoms with van der Waals surface area (Å²) in [6.07, 6.45) is 0. The lowest BCUT2D eigenvalue weighted by atomic mass is 10.2. The number of aromatic nitrogens is 2. The number of hydrogen-bond acceptors (Lipinski definition) is 7. The molecule has 8 nitrogen and oxygen atoms in total. The van der Waals surface area contributed by atoms with E-state index in [4.69, 9.17) is 13.9 Å². The van der Waals surface area contributed by atoms with Gasteiger partial charge in [0.15, 0.2) is 16.7 Å². The monoisotopic (exact) mass is 439 g/mol. The average molecular weight is 439 g/mol. The Bertz CT molecular complexity index is 1330. The number of amides is 1. The number of para-hydroxylation sites is 1. The number of carbonyl (C=O) groups excluding carboxylic acids is 1. The summed E-state index contributed by atoms with van der Waals surface area (Å²) in [4.78, 5) is 30.1. The van der Waals surface area contributed by atoms with Crippen molar-refractivity contribution in [2.45, 2.75) is 18.6 Å². The number of nitrogens with one attached hydrogen (secondary N) is 1. The largest absolute Gasteiger partial charge is 0.493 e. The van der Waals surface area contributed by atoms with Crippen LogP contribution in [0.2, 0.25) is 0 Å². The fourth-order valence-corrected chi connectivity index (χ4v) is 4.14. The van der Waals surface area contributed by atoms with Crippen molar-refractivity contribution in [1.29, 1.82) is 0 Å². The minimum absolute atomic E-state index is 0.0854. The van der Waals surface area contributed by atoms with Crippen molar-refractivity contribution in [2.75, 3.05) is 25.3 Å². The van der Waals surface area contributed by atoms with E-state index >= 15 is 0 Å². The Morgan fingerprint density at radius 3 is 2.68 bits per heavy atom. The zero-order valence-corrected chi connectivity index (χ0v) is 18.1. The molecule has 0 atom stereocenters. The molecule has 160 valence electrons. The quantitative estimate of drug-likeness (QED) is 0.344. The van der Waals surface area contributed by atoms with Crippen molar-refractivity contribution < 1.29 is 18.7 Å². The molecule has 2 aromatic heterocycles. The van der Waals surface area contributed by atoms with E-state index in [1.807, 2.05) is 25.1 Å². The number of thioether (sulfide) groups is 1. The minimum Gasteiger partial charge on any atom is -0.493 e. The van der Waals surface area contributed by atoms with Crippen LogP contribution < -0.4 is 20.3 Å². The number of fused-ring (bicyclic) bond motifs is 3. The zero-order valence-electron chi connectivity index (χ0n) is 17.3. The van der Waals surface area contributed by atoms with Crippen LogP contribution in [0.15, 0.2) is 56.8 Å². The molecule has 0 aliphatic heterocycles. The summed E-state index contributed by atoms with van der Waals surface area (Å²) in [5.41, 5.74) is 1.67. The predicted octanol–water partition coefficient (Wildman–Crippen LogP) is 3.91. The molecular weight excluding hydrogens is 418 g/mol. The number of anilines is 1. The van der Waals surface area contributed by atoms with Crippen LogP contribution >= 0.6 is 11.8 Å². The Kier molecular flexibility index (Phi) is 5.85. The van der Waals surface area contributed by atoms with Crippen LogP contribution in [0.4, 0.5) is 5.69 Å². The third kappa shape index (κ3) is 3.96. The first kappa shape index (κ1) is 20.8. The molecule has 4 aromatic rings. The van der Waals surface area contributed by atoms with E-state index in [1.165, 1.54) is 23.4 Å². The first-order valence-electron chi connectivity index (χ1n) is 9.62. The van der Waals surface area contributed by atoms with Gasteiger partial charge in [0.1, 0.15) is 11.1 Å². The average Bonchev–Trinajstić information content (AvgIpc) is 3.16. The van der Waals surface area contributed by atoms with Gasteiger partial charge in [-0.05, 0) is 31.2 Å². The maximum Gasteiger partial charge on any atom is 0.297 e. The standard InChI is InChI=1S/C22H21N3O5S/c1-4-25-21(27)20-19(14-7-5-6-8-15(14)30-20)24-22(25)31-12-18(26)23-13-9-10-16(28-2)17(11-13)29-3/h5-11H,4,12H2,1-3H3,(H,23,26). The lowest BCUT2D eigenvalue weighted by molar-refractivity contribution is -0.113. The number of methoxy groups -OCH3 is 2.